The van der Waals surface area contributed by atoms with Gasteiger partial charge in [0, 0.05) is 16.1 Å². The molecule has 1 heterocycles. The van der Waals surface area contributed by atoms with Gasteiger partial charge in [-0.25, -0.2) is 0 Å². The molecule has 2 aromatic carbocycles. The molecule has 1 N–H and O–H groups in total. The Morgan fingerprint density at radius 2 is 1.43 bits per heavy atom. The quantitative estimate of drug-likeness (QED) is 0.879. The maximum Gasteiger partial charge on any atom is 0.159 e. The molecule has 1 saturated heterocycles. The van der Waals surface area contributed by atoms with Crippen molar-refractivity contribution in [1.29, 1.82) is 0 Å². The highest BCUT2D eigenvalue weighted by Gasteiger charge is 2.43. The maximum atomic E-state index is 14.0. The first-order valence-corrected chi connectivity index (χ1v) is 9.29. The van der Waals surface area contributed by atoms with Crippen molar-refractivity contribution in [2.24, 2.45) is 0 Å². The molecule has 0 radical (unpaired) electrons. The number of hydrogen-bond donors (Lipinski definition) is 1. The summed E-state index contributed by atoms with van der Waals surface area (Å²) >= 11 is 0. The third kappa shape index (κ3) is 2.71. The van der Waals surface area contributed by atoms with Gasteiger partial charge < -0.3 is 9.88 Å². The van der Waals surface area contributed by atoms with Gasteiger partial charge in [-0.1, -0.05) is 60.7 Å². The molecule has 0 aliphatic carbocycles. The van der Waals surface area contributed by atoms with E-state index in [0.29, 0.717) is 0 Å². The summed E-state index contributed by atoms with van der Waals surface area (Å²) < 4.78 is 14.0. The standard InChI is InChI=1S/C18H22NOP/c1-18(2)14-13-17(19-18)21(20,15-9-5-3-6-10-15)16-11-7-4-8-12-16/h3-12,17,19H,13-14H2,1-2H3/t17-/m0/s1. The molecule has 21 heavy (non-hydrogen) atoms. The zero-order valence-corrected chi connectivity index (χ0v) is 13.5. The minimum absolute atomic E-state index is 0.0253. The Morgan fingerprint density at radius 3 is 1.81 bits per heavy atom. The molecule has 1 atom stereocenters. The van der Waals surface area contributed by atoms with Gasteiger partial charge in [0.05, 0.1) is 5.78 Å². The van der Waals surface area contributed by atoms with Gasteiger partial charge in [0.1, 0.15) is 0 Å². The number of hydrogen-bond acceptors (Lipinski definition) is 2. The van der Waals surface area contributed by atoms with Gasteiger partial charge in [0.25, 0.3) is 0 Å². The highest BCUT2D eigenvalue weighted by molar-refractivity contribution is 7.79. The molecule has 0 unspecified atom stereocenters. The van der Waals surface area contributed by atoms with Crippen LogP contribution in [0.2, 0.25) is 0 Å². The van der Waals surface area contributed by atoms with E-state index in [1.54, 1.807) is 0 Å². The molecule has 3 heteroatoms. The van der Waals surface area contributed by atoms with E-state index in [9.17, 15) is 4.57 Å². The molecular weight excluding hydrogens is 277 g/mol. The van der Waals surface area contributed by atoms with E-state index >= 15 is 0 Å². The van der Waals surface area contributed by atoms with Crippen molar-refractivity contribution >= 4 is 17.8 Å². The van der Waals surface area contributed by atoms with E-state index in [4.69, 9.17) is 0 Å². The largest absolute Gasteiger partial charge is 0.312 e. The molecule has 1 aliphatic heterocycles. The van der Waals surface area contributed by atoms with Crippen LogP contribution in [0.1, 0.15) is 26.7 Å². The van der Waals surface area contributed by atoms with E-state index in [1.807, 2.05) is 60.7 Å². The predicted molar refractivity (Wildman–Crippen MR) is 90.0 cm³/mol. The van der Waals surface area contributed by atoms with Crippen LogP contribution in [0.25, 0.3) is 0 Å². The van der Waals surface area contributed by atoms with Gasteiger partial charge >= 0.3 is 0 Å². The molecular formula is C18H22NOP. The fraction of sp³-hybridized carbons (Fsp3) is 0.333. The van der Waals surface area contributed by atoms with Gasteiger partial charge in [-0.15, -0.1) is 0 Å². The monoisotopic (exact) mass is 299 g/mol. The van der Waals surface area contributed by atoms with Gasteiger partial charge in [0.15, 0.2) is 7.14 Å². The fourth-order valence-electron chi connectivity index (χ4n) is 3.17. The summed E-state index contributed by atoms with van der Waals surface area (Å²) in [7, 11) is -2.66. The second-order valence-electron chi connectivity index (χ2n) is 6.41. The van der Waals surface area contributed by atoms with E-state index in [-0.39, 0.29) is 11.3 Å². The smallest absolute Gasteiger partial charge is 0.159 e. The molecule has 0 aromatic heterocycles. The van der Waals surface area contributed by atoms with Crippen molar-refractivity contribution in [2.45, 2.75) is 38.0 Å². The van der Waals surface area contributed by atoms with Crippen LogP contribution in [-0.4, -0.2) is 11.3 Å². The predicted octanol–water partition coefficient (Wildman–Crippen LogP) is 3.49. The average Bonchev–Trinajstić information content (AvgIpc) is 2.89. The highest BCUT2D eigenvalue weighted by Crippen LogP contribution is 2.52. The minimum Gasteiger partial charge on any atom is -0.312 e. The zero-order chi connectivity index (χ0) is 14.9. The Kier molecular flexibility index (Phi) is 3.77. The van der Waals surface area contributed by atoms with Crippen LogP contribution in [-0.2, 0) is 4.57 Å². The highest BCUT2D eigenvalue weighted by atomic mass is 31.2. The van der Waals surface area contributed by atoms with Gasteiger partial charge in [-0.05, 0) is 26.7 Å². The SMILES string of the molecule is CC1(C)CC[C@H](P(=O)(c2ccccc2)c2ccccc2)N1. The van der Waals surface area contributed by atoms with Crippen molar-refractivity contribution in [2.75, 3.05) is 0 Å². The van der Waals surface area contributed by atoms with Crippen molar-refractivity contribution in [3.05, 3.63) is 60.7 Å². The summed E-state index contributed by atoms with van der Waals surface area (Å²) in [5.74, 6) is 0.0253. The summed E-state index contributed by atoms with van der Waals surface area (Å²) in [6.07, 6.45) is 2.01. The third-order valence-electron chi connectivity index (χ3n) is 4.32. The normalized spacial score (nSPS) is 21.3. The average molecular weight is 299 g/mol. The molecule has 0 amide bonds. The van der Waals surface area contributed by atoms with Crippen molar-refractivity contribution in [1.82, 2.24) is 5.32 Å². The third-order valence-corrected chi connectivity index (χ3v) is 7.71. The molecule has 0 bridgehead atoms. The summed E-state index contributed by atoms with van der Waals surface area (Å²) in [5.41, 5.74) is 0.0594. The first kappa shape index (κ1) is 14.6. The van der Waals surface area contributed by atoms with E-state index in [0.717, 1.165) is 23.5 Å². The van der Waals surface area contributed by atoms with Crippen LogP contribution in [0.3, 0.4) is 0 Å². The summed E-state index contributed by atoms with van der Waals surface area (Å²) in [6.45, 7) is 4.38. The molecule has 3 rings (SSSR count). The van der Waals surface area contributed by atoms with Crippen molar-refractivity contribution < 1.29 is 4.57 Å². The summed E-state index contributed by atoms with van der Waals surface area (Å²) in [5, 5.41) is 5.51. The van der Waals surface area contributed by atoms with Gasteiger partial charge in [-0.3, -0.25) is 0 Å². The summed E-state index contributed by atoms with van der Waals surface area (Å²) in [6, 6.07) is 19.9. The van der Waals surface area contributed by atoms with Crippen LogP contribution < -0.4 is 15.9 Å². The number of rotatable bonds is 3. The van der Waals surface area contributed by atoms with Crippen molar-refractivity contribution in [3.63, 3.8) is 0 Å². The second kappa shape index (κ2) is 5.44. The Hall–Kier alpha value is -1.37. The van der Waals surface area contributed by atoms with Crippen molar-refractivity contribution in [3.8, 4) is 0 Å². The van der Waals surface area contributed by atoms with Crippen LogP contribution in [0.15, 0.2) is 60.7 Å². The molecule has 110 valence electrons. The molecule has 2 aromatic rings. The maximum absolute atomic E-state index is 14.0. The van der Waals surface area contributed by atoms with Crippen LogP contribution in [0.5, 0.6) is 0 Å². The zero-order valence-electron chi connectivity index (χ0n) is 12.6. The first-order valence-electron chi connectivity index (χ1n) is 7.51. The fourth-order valence-corrected chi connectivity index (χ4v) is 6.45. The van der Waals surface area contributed by atoms with Gasteiger partial charge in [0.2, 0.25) is 0 Å². The van der Waals surface area contributed by atoms with E-state index in [2.05, 4.69) is 19.2 Å². The van der Waals surface area contributed by atoms with Crippen LogP contribution in [0, 0.1) is 0 Å². The molecule has 1 aliphatic rings. The molecule has 2 nitrogen and oxygen atoms in total. The lowest BCUT2D eigenvalue weighted by Crippen LogP contribution is -2.40. The Labute approximate surface area is 127 Å². The topological polar surface area (TPSA) is 29.1 Å². The van der Waals surface area contributed by atoms with E-state index < -0.39 is 7.14 Å². The lowest BCUT2D eigenvalue weighted by Gasteiger charge is -2.28. The Morgan fingerprint density at radius 1 is 0.952 bits per heavy atom. The lowest BCUT2D eigenvalue weighted by molar-refractivity contribution is 0.450. The molecule has 1 fully saturated rings. The molecule has 0 spiro atoms. The number of nitrogens with one attached hydrogen (secondary N) is 1. The minimum atomic E-state index is -2.66. The van der Waals surface area contributed by atoms with Gasteiger partial charge in [-0.2, -0.15) is 0 Å². The lowest BCUT2D eigenvalue weighted by atomic mass is 10.0. The molecule has 0 saturated carbocycles. The number of benzene rings is 2. The van der Waals surface area contributed by atoms with Crippen LogP contribution >= 0.6 is 7.14 Å². The first-order chi connectivity index (χ1) is 10.0. The Balaban J connectivity index is 2.11. The van der Waals surface area contributed by atoms with E-state index in [1.165, 1.54) is 0 Å². The van der Waals surface area contributed by atoms with Crippen LogP contribution in [0.4, 0.5) is 0 Å². The Bertz CT molecular complexity index is 608. The second-order valence-corrected chi connectivity index (χ2v) is 9.38. The summed E-state index contributed by atoms with van der Waals surface area (Å²) in [4.78, 5) is 0.